The minimum Gasteiger partial charge on any atom is -0.356 e. The first kappa shape index (κ1) is 15.0. The summed E-state index contributed by atoms with van der Waals surface area (Å²) in [5.41, 5.74) is 3.73. The molecule has 0 spiro atoms. The van der Waals surface area contributed by atoms with Crippen LogP contribution in [0.2, 0.25) is 0 Å². The van der Waals surface area contributed by atoms with Crippen molar-refractivity contribution in [1.82, 2.24) is 14.9 Å². The van der Waals surface area contributed by atoms with Gasteiger partial charge in [0.1, 0.15) is 17.5 Å². The van der Waals surface area contributed by atoms with Crippen LogP contribution in [-0.2, 0) is 6.42 Å². The molecule has 0 amide bonds. The summed E-state index contributed by atoms with van der Waals surface area (Å²) in [6.07, 6.45) is 3.16. The summed E-state index contributed by atoms with van der Waals surface area (Å²) < 4.78 is 0. The molecule has 1 fully saturated rings. The molecule has 3 N–H and O–H groups in total. The summed E-state index contributed by atoms with van der Waals surface area (Å²) in [5.74, 6) is 8.18. The zero-order valence-corrected chi connectivity index (χ0v) is 13.0. The van der Waals surface area contributed by atoms with Crippen molar-refractivity contribution >= 4 is 11.6 Å². The van der Waals surface area contributed by atoms with Crippen molar-refractivity contribution in [2.45, 2.75) is 39.2 Å². The van der Waals surface area contributed by atoms with E-state index in [1.54, 1.807) is 0 Å². The van der Waals surface area contributed by atoms with Gasteiger partial charge >= 0.3 is 0 Å². The molecule has 0 unspecified atom stereocenters. The van der Waals surface area contributed by atoms with Crippen LogP contribution in [0.15, 0.2) is 0 Å². The Balaban J connectivity index is 2.21. The summed E-state index contributed by atoms with van der Waals surface area (Å²) in [7, 11) is 4.31. The second kappa shape index (κ2) is 6.37. The summed E-state index contributed by atoms with van der Waals surface area (Å²) in [6.45, 7) is 6.16. The lowest BCUT2D eigenvalue weighted by Gasteiger charge is -2.36. The minimum atomic E-state index is 0.672. The van der Waals surface area contributed by atoms with Gasteiger partial charge in [-0.1, -0.05) is 6.92 Å². The van der Waals surface area contributed by atoms with Crippen molar-refractivity contribution in [3.05, 3.63) is 11.4 Å². The molecule has 6 heteroatoms. The monoisotopic (exact) mass is 278 g/mol. The van der Waals surface area contributed by atoms with Gasteiger partial charge in [0.05, 0.1) is 0 Å². The van der Waals surface area contributed by atoms with Gasteiger partial charge in [0.25, 0.3) is 0 Å². The van der Waals surface area contributed by atoms with Gasteiger partial charge in [0.15, 0.2) is 0 Å². The smallest absolute Gasteiger partial charge is 0.148 e. The lowest BCUT2D eigenvalue weighted by atomic mass is 10.0. The molecule has 0 aliphatic carbocycles. The first-order chi connectivity index (χ1) is 9.56. The molecule has 0 atom stereocenters. The van der Waals surface area contributed by atoms with E-state index in [-0.39, 0.29) is 0 Å². The van der Waals surface area contributed by atoms with Crippen LogP contribution in [0, 0.1) is 6.92 Å². The first-order valence-corrected chi connectivity index (χ1v) is 7.32. The average molecular weight is 278 g/mol. The second-order valence-corrected chi connectivity index (χ2v) is 5.62. The van der Waals surface area contributed by atoms with Crippen molar-refractivity contribution in [2.24, 2.45) is 5.84 Å². The predicted octanol–water partition coefficient (Wildman–Crippen LogP) is 1.16. The molecule has 6 nitrogen and oxygen atoms in total. The van der Waals surface area contributed by atoms with Crippen molar-refractivity contribution in [2.75, 3.05) is 37.5 Å². The fourth-order valence-electron chi connectivity index (χ4n) is 2.75. The van der Waals surface area contributed by atoms with Crippen LogP contribution in [0.3, 0.4) is 0 Å². The maximum Gasteiger partial charge on any atom is 0.148 e. The number of aromatic nitrogens is 2. The van der Waals surface area contributed by atoms with E-state index < -0.39 is 0 Å². The zero-order valence-electron chi connectivity index (χ0n) is 13.0. The number of nitrogens with one attached hydrogen (secondary N) is 1. The Morgan fingerprint density at radius 2 is 1.95 bits per heavy atom. The van der Waals surface area contributed by atoms with Crippen LogP contribution in [-0.4, -0.2) is 48.1 Å². The van der Waals surface area contributed by atoms with Crippen LogP contribution in [0.5, 0.6) is 0 Å². The average Bonchev–Trinajstić information content (AvgIpc) is 2.47. The molecule has 1 aromatic rings. The molecule has 0 radical (unpaired) electrons. The van der Waals surface area contributed by atoms with Crippen LogP contribution in [0.1, 0.15) is 31.2 Å². The maximum atomic E-state index is 5.57. The van der Waals surface area contributed by atoms with Crippen LogP contribution < -0.4 is 16.2 Å². The molecule has 0 saturated carbocycles. The summed E-state index contributed by atoms with van der Waals surface area (Å²) in [4.78, 5) is 13.8. The molecule has 1 aliphatic heterocycles. The van der Waals surface area contributed by atoms with Gasteiger partial charge in [-0.3, -0.25) is 0 Å². The number of nitrogens with zero attached hydrogens (tertiary/aromatic N) is 4. The molecule has 2 heterocycles. The number of anilines is 2. The van der Waals surface area contributed by atoms with Crippen molar-refractivity contribution in [3.63, 3.8) is 0 Å². The van der Waals surface area contributed by atoms with E-state index in [0.717, 1.165) is 42.5 Å². The maximum absolute atomic E-state index is 5.57. The Morgan fingerprint density at radius 1 is 1.30 bits per heavy atom. The highest BCUT2D eigenvalue weighted by molar-refractivity contribution is 5.58. The van der Waals surface area contributed by atoms with E-state index in [0.29, 0.717) is 6.04 Å². The Morgan fingerprint density at radius 3 is 2.45 bits per heavy atom. The Labute approximate surface area is 121 Å². The molecule has 2 rings (SSSR count). The van der Waals surface area contributed by atoms with Gasteiger partial charge in [-0.2, -0.15) is 0 Å². The topological polar surface area (TPSA) is 70.3 Å². The summed E-state index contributed by atoms with van der Waals surface area (Å²) in [5, 5.41) is 0. The highest BCUT2D eigenvalue weighted by Crippen LogP contribution is 2.26. The third-order valence-corrected chi connectivity index (χ3v) is 4.11. The van der Waals surface area contributed by atoms with E-state index in [9.17, 15) is 0 Å². The number of hydrazine groups is 1. The van der Waals surface area contributed by atoms with Crippen molar-refractivity contribution < 1.29 is 0 Å². The number of nitrogen functional groups attached to an aromatic ring is 1. The highest BCUT2D eigenvalue weighted by atomic mass is 15.3. The standard InChI is InChI=1S/C14H26N6/c1-5-12-16-13(18-15)10(2)14(17-12)20-8-6-11(7-9-20)19(3)4/h11H,5-9,15H2,1-4H3,(H,16,17,18). The predicted molar refractivity (Wildman–Crippen MR) is 82.9 cm³/mol. The second-order valence-electron chi connectivity index (χ2n) is 5.62. The quantitative estimate of drug-likeness (QED) is 0.636. The molecular weight excluding hydrogens is 252 g/mol. The lowest BCUT2D eigenvalue weighted by molar-refractivity contribution is 0.249. The van der Waals surface area contributed by atoms with Gasteiger partial charge in [0.2, 0.25) is 0 Å². The van der Waals surface area contributed by atoms with E-state index in [1.807, 2.05) is 6.92 Å². The Kier molecular flexibility index (Phi) is 4.77. The Bertz CT molecular complexity index is 451. The van der Waals surface area contributed by atoms with Crippen molar-refractivity contribution in [1.29, 1.82) is 0 Å². The first-order valence-electron chi connectivity index (χ1n) is 7.32. The van der Waals surface area contributed by atoms with E-state index in [2.05, 4.69) is 41.2 Å². The molecular formula is C14H26N6. The van der Waals surface area contributed by atoms with Gasteiger partial charge in [0, 0.05) is 31.1 Å². The van der Waals surface area contributed by atoms with Gasteiger partial charge in [-0.05, 0) is 33.9 Å². The van der Waals surface area contributed by atoms with E-state index in [1.165, 1.54) is 12.8 Å². The molecule has 0 aromatic carbocycles. The SMILES string of the molecule is CCc1nc(NN)c(C)c(N2CCC(N(C)C)CC2)n1. The number of piperidine rings is 1. The van der Waals surface area contributed by atoms with E-state index >= 15 is 0 Å². The summed E-state index contributed by atoms with van der Waals surface area (Å²) in [6, 6.07) is 0.672. The number of hydrogen-bond donors (Lipinski definition) is 2. The number of aryl methyl sites for hydroxylation is 1. The molecule has 1 aliphatic rings. The lowest BCUT2D eigenvalue weighted by Crippen LogP contribution is -2.42. The van der Waals surface area contributed by atoms with Gasteiger partial charge < -0.3 is 15.2 Å². The molecule has 1 aromatic heterocycles. The van der Waals surface area contributed by atoms with Crippen LogP contribution in [0.4, 0.5) is 11.6 Å². The van der Waals surface area contributed by atoms with E-state index in [4.69, 9.17) is 10.8 Å². The minimum absolute atomic E-state index is 0.672. The van der Waals surface area contributed by atoms with Crippen LogP contribution in [0.25, 0.3) is 0 Å². The molecule has 1 saturated heterocycles. The number of hydrogen-bond acceptors (Lipinski definition) is 6. The molecule has 0 bridgehead atoms. The zero-order chi connectivity index (χ0) is 14.7. The largest absolute Gasteiger partial charge is 0.356 e. The summed E-state index contributed by atoms with van der Waals surface area (Å²) >= 11 is 0. The molecule has 112 valence electrons. The van der Waals surface area contributed by atoms with Crippen LogP contribution >= 0.6 is 0 Å². The van der Waals surface area contributed by atoms with Gasteiger partial charge in [-0.25, -0.2) is 15.8 Å². The highest BCUT2D eigenvalue weighted by Gasteiger charge is 2.23. The molecule has 20 heavy (non-hydrogen) atoms. The fraction of sp³-hybridized carbons (Fsp3) is 0.714. The number of rotatable bonds is 4. The number of nitrogens with two attached hydrogens (primary N) is 1. The third kappa shape index (κ3) is 3.02. The normalized spacial score (nSPS) is 16.8. The fourth-order valence-corrected chi connectivity index (χ4v) is 2.75. The van der Waals surface area contributed by atoms with Gasteiger partial charge in [-0.15, -0.1) is 0 Å². The third-order valence-electron chi connectivity index (χ3n) is 4.11. The Hall–Kier alpha value is -1.40. The van der Waals surface area contributed by atoms with Crippen molar-refractivity contribution in [3.8, 4) is 0 Å².